The number of nitro groups is 1. The van der Waals surface area contributed by atoms with Crippen molar-refractivity contribution >= 4 is 23.1 Å². The summed E-state index contributed by atoms with van der Waals surface area (Å²) >= 11 is 6.07. The summed E-state index contributed by atoms with van der Waals surface area (Å²) in [5.41, 5.74) is 5.82. The van der Waals surface area contributed by atoms with E-state index in [-0.39, 0.29) is 11.7 Å². The van der Waals surface area contributed by atoms with Crippen LogP contribution in [0.4, 0.5) is 11.5 Å². The van der Waals surface area contributed by atoms with Gasteiger partial charge in [-0.1, -0.05) is 11.6 Å². The van der Waals surface area contributed by atoms with E-state index in [1.165, 1.54) is 12.3 Å². The summed E-state index contributed by atoms with van der Waals surface area (Å²) in [4.78, 5) is 16.3. The predicted molar refractivity (Wildman–Crippen MR) is 74.5 cm³/mol. The van der Waals surface area contributed by atoms with Crippen molar-refractivity contribution in [3.8, 4) is 0 Å². The van der Waals surface area contributed by atoms with Crippen molar-refractivity contribution in [2.75, 3.05) is 18.0 Å². The summed E-state index contributed by atoms with van der Waals surface area (Å²) in [6.07, 6.45) is 3.23. The highest BCUT2D eigenvalue weighted by Gasteiger charge is 2.24. The van der Waals surface area contributed by atoms with Gasteiger partial charge >= 0.3 is 0 Å². The average molecular weight is 285 g/mol. The number of hydrogen-bond acceptors (Lipinski definition) is 5. The molecule has 1 aromatic rings. The molecule has 2 heterocycles. The first kappa shape index (κ1) is 14.0. The molecule has 7 heteroatoms. The normalized spacial score (nSPS) is 18.4. The van der Waals surface area contributed by atoms with Gasteiger partial charge in [0.25, 0.3) is 5.69 Å². The summed E-state index contributed by atoms with van der Waals surface area (Å²) in [6, 6.07) is 1.55. The SMILES string of the molecule is CC(N)C1CCN(c2ncc([N+](=O)[O-])cc2Cl)CC1. The second kappa shape index (κ2) is 5.71. The van der Waals surface area contributed by atoms with Crippen LogP contribution in [0.25, 0.3) is 0 Å². The lowest BCUT2D eigenvalue weighted by Crippen LogP contribution is -2.40. The highest BCUT2D eigenvalue weighted by molar-refractivity contribution is 6.33. The van der Waals surface area contributed by atoms with Crippen LogP contribution in [0.3, 0.4) is 0 Å². The number of nitrogens with two attached hydrogens (primary N) is 1. The van der Waals surface area contributed by atoms with E-state index in [1.807, 2.05) is 6.92 Å². The van der Waals surface area contributed by atoms with Crippen molar-refractivity contribution in [1.82, 2.24) is 4.98 Å². The van der Waals surface area contributed by atoms with Gasteiger partial charge in [-0.05, 0) is 25.7 Å². The maximum absolute atomic E-state index is 10.6. The van der Waals surface area contributed by atoms with Crippen LogP contribution in [0.2, 0.25) is 5.02 Å². The molecule has 1 unspecified atom stereocenters. The number of piperidine rings is 1. The van der Waals surface area contributed by atoms with E-state index in [1.54, 1.807) is 0 Å². The molecule has 0 saturated carbocycles. The molecule has 19 heavy (non-hydrogen) atoms. The Morgan fingerprint density at radius 2 is 2.21 bits per heavy atom. The third-order valence-electron chi connectivity index (χ3n) is 3.60. The zero-order chi connectivity index (χ0) is 14.0. The summed E-state index contributed by atoms with van der Waals surface area (Å²) < 4.78 is 0. The van der Waals surface area contributed by atoms with E-state index in [2.05, 4.69) is 9.88 Å². The Morgan fingerprint density at radius 1 is 1.58 bits per heavy atom. The Morgan fingerprint density at radius 3 is 2.68 bits per heavy atom. The Hall–Kier alpha value is -1.40. The zero-order valence-electron chi connectivity index (χ0n) is 10.8. The zero-order valence-corrected chi connectivity index (χ0v) is 11.5. The van der Waals surface area contributed by atoms with Crippen LogP contribution < -0.4 is 10.6 Å². The number of halogens is 1. The number of nitrogens with zero attached hydrogens (tertiary/aromatic N) is 3. The second-order valence-electron chi connectivity index (χ2n) is 4.94. The number of aromatic nitrogens is 1. The molecular formula is C12H17ClN4O2. The smallest absolute Gasteiger partial charge is 0.289 e. The van der Waals surface area contributed by atoms with E-state index in [4.69, 9.17) is 17.3 Å². The largest absolute Gasteiger partial charge is 0.355 e. The summed E-state index contributed by atoms with van der Waals surface area (Å²) in [7, 11) is 0. The van der Waals surface area contributed by atoms with E-state index >= 15 is 0 Å². The van der Waals surface area contributed by atoms with Crippen molar-refractivity contribution in [2.24, 2.45) is 11.7 Å². The second-order valence-corrected chi connectivity index (χ2v) is 5.35. The first-order chi connectivity index (χ1) is 8.99. The van der Waals surface area contributed by atoms with Crippen LogP contribution in [-0.2, 0) is 0 Å². The highest BCUT2D eigenvalue weighted by Crippen LogP contribution is 2.30. The molecule has 0 radical (unpaired) electrons. The summed E-state index contributed by atoms with van der Waals surface area (Å²) in [5.74, 6) is 1.14. The van der Waals surface area contributed by atoms with Crippen LogP contribution in [0.15, 0.2) is 12.3 Å². The highest BCUT2D eigenvalue weighted by atomic mass is 35.5. The van der Waals surface area contributed by atoms with Gasteiger partial charge in [0.05, 0.1) is 9.95 Å². The van der Waals surface area contributed by atoms with Crippen molar-refractivity contribution in [3.63, 3.8) is 0 Å². The van der Waals surface area contributed by atoms with Gasteiger partial charge in [-0.15, -0.1) is 0 Å². The Kier molecular flexibility index (Phi) is 4.21. The van der Waals surface area contributed by atoms with E-state index in [0.717, 1.165) is 25.9 Å². The minimum atomic E-state index is -0.495. The van der Waals surface area contributed by atoms with E-state index in [9.17, 15) is 10.1 Å². The molecule has 0 aliphatic carbocycles. The molecular weight excluding hydrogens is 268 g/mol. The van der Waals surface area contributed by atoms with Gasteiger partial charge in [0.15, 0.2) is 0 Å². The van der Waals surface area contributed by atoms with E-state index in [0.29, 0.717) is 16.8 Å². The molecule has 1 fully saturated rings. The van der Waals surface area contributed by atoms with Crippen molar-refractivity contribution in [3.05, 3.63) is 27.4 Å². The van der Waals surface area contributed by atoms with Crippen molar-refractivity contribution in [2.45, 2.75) is 25.8 Å². The number of pyridine rings is 1. The van der Waals surface area contributed by atoms with Gasteiger partial charge in [-0.2, -0.15) is 0 Å². The summed E-state index contributed by atoms with van der Waals surface area (Å²) in [5, 5.41) is 11.0. The predicted octanol–water partition coefficient (Wildman–Crippen LogP) is 2.21. The molecule has 0 amide bonds. The maximum atomic E-state index is 10.6. The molecule has 0 spiro atoms. The standard InChI is InChI=1S/C12H17ClN4O2/c1-8(14)9-2-4-16(5-3-9)12-11(13)6-10(7-15-12)17(18)19/h6-9H,2-5,14H2,1H3. The lowest BCUT2D eigenvalue weighted by atomic mass is 9.91. The Labute approximate surface area is 116 Å². The molecule has 6 nitrogen and oxygen atoms in total. The summed E-state index contributed by atoms with van der Waals surface area (Å²) in [6.45, 7) is 3.69. The average Bonchev–Trinajstić information content (AvgIpc) is 2.38. The fourth-order valence-corrected chi connectivity index (χ4v) is 2.67. The molecule has 1 aliphatic heterocycles. The number of hydrogen-bond donors (Lipinski definition) is 1. The molecule has 2 rings (SSSR count). The first-order valence-electron chi connectivity index (χ1n) is 6.29. The lowest BCUT2D eigenvalue weighted by Gasteiger charge is -2.34. The molecule has 0 aromatic carbocycles. The minimum absolute atomic E-state index is 0.0841. The van der Waals surface area contributed by atoms with Gasteiger partial charge < -0.3 is 10.6 Å². The molecule has 1 saturated heterocycles. The maximum Gasteiger partial charge on any atom is 0.289 e. The third kappa shape index (κ3) is 3.13. The fraction of sp³-hybridized carbons (Fsp3) is 0.583. The molecule has 2 N–H and O–H groups in total. The minimum Gasteiger partial charge on any atom is -0.355 e. The fourth-order valence-electron chi connectivity index (χ4n) is 2.39. The monoisotopic (exact) mass is 284 g/mol. The quantitative estimate of drug-likeness (QED) is 0.679. The van der Waals surface area contributed by atoms with Crippen LogP contribution >= 0.6 is 11.6 Å². The lowest BCUT2D eigenvalue weighted by molar-refractivity contribution is -0.385. The van der Waals surface area contributed by atoms with Gasteiger partial charge in [-0.25, -0.2) is 4.98 Å². The van der Waals surface area contributed by atoms with Gasteiger partial charge in [0, 0.05) is 25.2 Å². The van der Waals surface area contributed by atoms with Gasteiger partial charge in [-0.3, -0.25) is 10.1 Å². The molecule has 1 aromatic heterocycles. The van der Waals surface area contributed by atoms with E-state index < -0.39 is 4.92 Å². The number of rotatable bonds is 3. The van der Waals surface area contributed by atoms with Crippen LogP contribution in [0, 0.1) is 16.0 Å². The molecule has 104 valence electrons. The van der Waals surface area contributed by atoms with Crippen LogP contribution in [0.1, 0.15) is 19.8 Å². The Balaban J connectivity index is 2.09. The number of anilines is 1. The first-order valence-corrected chi connectivity index (χ1v) is 6.67. The Bertz CT molecular complexity index is 473. The van der Waals surface area contributed by atoms with Gasteiger partial charge in [0.2, 0.25) is 0 Å². The topological polar surface area (TPSA) is 85.3 Å². The van der Waals surface area contributed by atoms with Crippen LogP contribution in [0.5, 0.6) is 0 Å². The molecule has 0 bridgehead atoms. The van der Waals surface area contributed by atoms with Gasteiger partial charge in [0.1, 0.15) is 12.0 Å². The molecule has 1 aliphatic rings. The van der Waals surface area contributed by atoms with Crippen molar-refractivity contribution < 1.29 is 4.92 Å². The molecule has 1 atom stereocenters. The van der Waals surface area contributed by atoms with Crippen molar-refractivity contribution in [1.29, 1.82) is 0 Å². The van der Waals surface area contributed by atoms with Crippen LogP contribution in [-0.4, -0.2) is 29.0 Å². The third-order valence-corrected chi connectivity index (χ3v) is 3.88.